The van der Waals surface area contributed by atoms with Gasteiger partial charge in [0.15, 0.2) is 5.65 Å². The number of fused-ring (bicyclic) bond motifs is 2. The molecule has 1 aromatic carbocycles. The highest BCUT2D eigenvalue weighted by Crippen LogP contribution is 2.32. The number of hydrogen-bond donors (Lipinski definition) is 4. The van der Waals surface area contributed by atoms with E-state index in [0.717, 1.165) is 54.2 Å². The smallest absolute Gasteiger partial charge is 0.264 e. The highest BCUT2D eigenvalue weighted by Gasteiger charge is 2.45. The Kier molecular flexibility index (Phi) is 8.27. The van der Waals surface area contributed by atoms with Gasteiger partial charge in [-0.1, -0.05) is 19.4 Å². The van der Waals surface area contributed by atoms with Crippen LogP contribution in [0.5, 0.6) is 0 Å². The Bertz CT molecular complexity index is 1630. The predicted molar refractivity (Wildman–Crippen MR) is 161 cm³/mol. The first-order chi connectivity index (χ1) is 21.3. The van der Waals surface area contributed by atoms with Crippen molar-refractivity contribution in [2.75, 3.05) is 17.2 Å². The van der Waals surface area contributed by atoms with Crippen LogP contribution in [0.4, 0.5) is 11.5 Å². The molecular weight excluding hydrogens is 564 g/mol. The lowest BCUT2D eigenvalue weighted by atomic mass is 10.0. The molecule has 1 saturated heterocycles. The van der Waals surface area contributed by atoms with E-state index in [-0.39, 0.29) is 42.0 Å². The van der Waals surface area contributed by atoms with Gasteiger partial charge in [-0.15, -0.1) is 0 Å². The summed E-state index contributed by atoms with van der Waals surface area (Å²) in [6, 6.07) is 8.16. The van der Waals surface area contributed by atoms with E-state index in [9.17, 15) is 24.0 Å². The van der Waals surface area contributed by atoms with Crippen LogP contribution >= 0.6 is 0 Å². The summed E-state index contributed by atoms with van der Waals surface area (Å²) in [5, 5.41) is 16.6. The Morgan fingerprint density at radius 1 is 1.07 bits per heavy atom. The first-order valence-electron chi connectivity index (χ1n) is 15.3. The third kappa shape index (κ3) is 5.86. The first-order valence-corrected chi connectivity index (χ1v) is 15.3. The van der Waals surface area contributed by atoms with E-state index >= 15 is 0 Å². The molecule has 3 aliphatic rings. The third-order valence-electron chi connectivity index (χ3n) is 8.43. The highest BCUT2D eigenvalue weighted by molar-refractivity contribution is 6.25. The minimum absolute atomic E-state index is 0.0327. The fraction of sp³-hybridized carbons (Fsp3) is 0.452. The van der Waals surface area contributed by atoms with Gasteiger partial charge in [0.1, 0.15) is 11.9 Å². The molecule has 44 heavy (non-hydrogen) atoms. The number of amides is 5. The summed E-state index contributed by atoms with van der Waals surface area (Å²) in [6.45, 7) is 2.55. The second-order valence-corrected chi connectivity index (χ2v) is 11.6. The summed E-state index contributed by atoms with van der Waals surface area (Å²) in [7, 11) is 0. The first kappa shape index (κ1) is 29.3. The van der Waals surface area contributed by atoms with Crippen LogP contribution in [-0.2, 0) is 20.8 Å². The number of hydrogen-bond acceptors (Lipinski definition) is 9. The van der Waals surface area contributed by atoms with Gasteiger partial charge in [-0.2, -0.15) is 9.61 Å². The lowest BCUT2D eigenvalue weighted by Crippen LogP contribution is -2.54. The number of nitrogens with one attached hydrogen (secondary N) is 4. The van der Waals surface area contributed by atoms with Crippen LogP contribution in [0.3, 0.4) is 0 Å². The van der Waals surface area contributed by atoms with Gasteiger partial charge in [0, 0.05) is 55.0 Å². The number of aryl methyl sites for hydroxylation is 1. The second kappa shape index (κ2) is 12.4. The summed E-state index contributed by atoms with van der Waals surface area (Å²) in [4.78, 5) is 68.5. The van der Waals surface area contributed by atoms with Gasteiger partial charge in [0.25, 0.3) is 11.8 Å². The van der Waals surface area contributed by atoms with Crippen molar-refractivity contribution < 1.29 is 24.0 Å². The maximum Gasteiger partial charge on any atom is 0.264 e. The molecule has 1 saturated carbocycles. The molecule has 2 unspecified atom stereocenters. The monoisotopic (exact) mass is 600 g/mol. The van der Waals surface area contributed by atoms with Crippen molar-refractivity contribution in [3.05, 3.63) is 53.3 Å². The van der Waals surface area contributed by atoms with Gasteiger partial charge in [-0.3, -0.25) is 34.2 Å². The molecular formula is C31H36N8O5. The minimum atomic E-state index is -1.02. The maximum absolute atomic E-state index is 13.2. The molecule has 4 heterocycles. The number of rotatable bonds is 11. The molecule has 0 bridgehead atoms. The van der Waals surface area contributed by atoms with Gasteiger partial charge < -0.3 is 16.0 Å². The average molecular weight is 601 g/mol. The van der Waals surface area contributed by atoms with Crippen LogP contribution in [0.15, 0.2) is 36.5 Å². The van der Waals surface area contributed by atoms with Gasteiger partial charge in [-0.25, -0.2) is 4.98 Å². The van der Waals surface area contributed by atoms with E-state index in [0.29, 0.717) is 25.1 Å². The molecule has 6 rings (SSSR count). The van der Waals surface area contributed by atoms with E-state index < -0.39 is 29.7 Å². The lowest BCUT2D eigenvalue weighted by Gasteiger charge is -2.27. The Balaban J connectivity index is 0.981. The third-order valence-corrected chi connectivity index (χ3v) is 8.43. The number of imide groups is 2. The van der Waals surface area contributed by atoms with Crippen molar-refractivity contribution >= 4 is 46.7 Å². The van der Waals surface area contributed by atoms with Crippen LogP contribution in [0.2, 0.25) is 0 Å². The molecule has 0 spiro atoms. The Morgan fingerprint density at radius 2 is 1.91 bits per heavy atom. The molecule has 13 heteroatoms. The molecule has 5 amide bonds. The summed E-state index contributed by atoms with van der Waals surface area (Å²) >= 11 is 0. The number of anilines is 2. The van der Waals surface area contributed by atoms with Crippen LogP contribution < -0.4 is 21.3 Å². The standard InChI is InChI=1S/C31H36N8O5/c1-2-5-18-17-25(39-24(34-18)13-15-33-39)35-19-9-10-20(16-19)36-26(40)8-4-14-32-22-7-3-6-21-28(22)31(44)38(30(21)43)23-11-12-27(41)37-29(23)42/h3,6-7,13,15,17,19-20,23,32,35H,2,4-5,8-12,14,16H2,1H3,(H,36,40)(H,37,41,42)/t19-,20?,23?/m1/s1. The van der Waals surface area contributed by atoms with E-state index in [1.54, 1.807) is 24.4 Å². The normalized spacial score (nSPS) is 21.5. The summed E-state index contributed by atoms with van der Waals surface area (Å²) < 4.78 is 1.82. The van der Waals surface area contributed by atoms with Crippen LogP contribution in [0.1, 0.15) is 84.7 Å². The van der Waals surface area contributed by atoms with Gasteiger partial charge in [0.2, 0.25) is 17.7 Å². The van der Waals surface area contributed by atoms with Crippen molar-refractivity contribution in [1.82, 2.24) is 30.1 Å². The fourth-order valence-corrected chi connectivity index (χ4v) is 6.34. The average Bonchev–Trinajstić information content (AvgIpc) is 3.71. The van der Waals surface area contributed by atoms with Crippen molar-refractivity contribution in [3.8, 4) is 0 Å². The quantitative estimate of drug-likeness (QED) is 0.191. The minimum Gasteiger partial charge on any atom is -0.384 e. The second-order valence-electron chi connectivity index (χ2n) is 11.6. The molecule has 3 atom stereocenters. The predicted octanol–water partition coefficient (Wildman–Crippen LogP) is 2.42. The molecule has 13 nitrogen and oxygen atoms in total. The number of nitrogens with zero attached hydrogens (tertiary/aromatic N) is 4. The van der Waals surface area contributed by atoms with Gasteiger partial charge in [0.05, 0.1) is 17.3 Å². The maximum atomic E-state index is 13.2. The molecule has 1 aliphatic carbocycles. The van der Waals surface area contributed by atoms with E-state index in [4.69, 9.17) is 0 Å². The SMILES string of the molecule is CCCc1cc(N[C@@H]2CCC(NC(=O)CCCNc3cccc4c3C(=O)N(C3CCC(=O)NC3=O)C4=O)C2)n2nccc2n1. The highest BCUT2D eigenvalue weighted by atomic mass is 16.2. The van der Waals surface area contributed by atoms with Crippen molar-refractivity contribution in [2.45, 2.75) is 82.8 Å². The van der Waals surface area contributed by atoms with Crippen molar-refractivity contribution in [3.63, 3.8) is 0 Å². The van der Waals surface area contributed by atoms with Crippen LogP contribution in [0, 0.1) is 0 Å². The summed E-state index contributed by atoms with van der Waals surface area (Å²) in [5.74, 6) is -1.29. The summed E-state index contributed by atoms with van der Waals surface area (Å²) in [5.41, 5.74) is 2.75. The zero-order valence-corrected chi connectivity index (χ0v) is 24.6. The number of carbonyl (C=O) groups excluding carboxylic acids is 5. The molecule has 2 aliphatic heterocycles. The molecule has 3 aromatic rings. The van der Waals surface area contributed by atoms with Crippen LogP contribution in [-0.4, -0.2) is 73.7 Å². The van der Waals surface area contributed by atoms with E-state index in [1.807, 2.05) is 10.6 Å². The molecule has 2 fully saturated rings. The molecule has 0 radical (unpaired) electrons. The summed E-state index contributed by atoms with van der Waals surface area (Å²) in [6.07, 6.45) is 7.28. The Hall–Kier alpha value is -4.81. The van der Waals surface area contributed by atoms with E-state index in [2.05, 4.69) is 44.3 Å². The Morgan fingerprint density at radius 3 is 2.73 bits per heavy atom. The zero-order valence-electron chi connectivity index (χ0n) is 24.6. The van der Waals surface area contributed by atoms with Gasteiger partial charge >= 0.3 is 0 Å². The fourth-order valence-electron chi connectivity index (χ4n) is 6.34. The largest absolute Gasteiger partial charge is 0.384 e. The number of carbonyl (C=O) groups is 5. The lowest BCUT2D eigenvalue weighted by molar-refractivity contribution is -0.136. The molecule has 230 valence electrons. The van der Waals surface area contributed by atoms with Crippen molar-refractivity contribution in [2.24, 2.45) is 0 Å². The Labute approximate surface area is 254 Å². The van der Waals surface area contributed by atoms with Crippen molar-refractivity contribution in [1.29, 1.82) is 0 Å². The number of aromatic nitrogens is 3. The zero-order chi connectivity index (χ0) is 30.8. The van der Waals surface area contributed by atoms with Gasteiger partial charge in [-0.05, 0) is 50.7 Å². The number of piperidine rings is 1. The van der Waals surface area contributed by atoms with Crippen LogP contribution in [0.25, 0.3) is 5.65 Å². The topological polar surface area (TPSA) is 167 Å². The number of benzene rings is 1. The molecule has 4 N–H and O–H groups in total. The molecule has 2 aromatic heterocycles. The van der Waals surface area contributed by atoms with E-state index in [1.165, 1.54) is 0 Å².